The minimum Gasteiger partial charge on any atom is -0.479 e. The number of benzene rings is 2. The van der Waals surface area contributed by atoms with Crippen molar-refractivity contribution >= 4 is 44.9 Å². The van der Waals surface area contributed by atoms with E-state index < -0.39 is 22.2 Å². The molecule has 1 aliphatic rings. The lowest BCUT2D eigenvalue weighted by molar-refractivity contribution is -0.140. The molecule has 2 N–H and O–H groups in total. The molecule has 0 bridgehead atoms. The van der Waals surface area contributed by atoms with Crippen LogP contribution in [0, 0.1) is 11.3 Å². The van der Waals surface area contributed by atoms with Gasteiger partial charge in [-0.05, 0) is 29.8 Å². The number of anilines is 1. The van der Waals surface area contributed by atoms with Crippen molar-refractivity contribution < 1.29 is 18.3 Å². The van der Waals surface area contributed by atoms with Crippen LogP contribution in [-0.2, 0) is 21.4 Å². The number of halogens is 2. The van der Waals surface area contributed by atoms with E-state index in [0.717, 1.165) is 4.31 Å². The number of nitrogens with zero attached hydrogens (tertiary/aromatic N) is 2. The highest BCUT2D eigenvalue weighted by molar-refractivity contribution is 7.89. The molecule has 1 atom stereocenters. The van der Waals surface area contributed by atoms with Crippen LogP contribution in [0.4, 0.5) is 5.69 Å². The molecular formula is C16H11Cl2N3O4S. The molecule has 1 heterocycles. The molecule has 0 radical (unpaired) electrons. The van der Waals surface area contributed by atoms with Gasteiger partial charge in [-0.25, -0.2) is 13.2 Å². The highest BCUT2D eigenvalue weighted by Crippen LogP contribution is 2.39. The minimum atomic E-state index is -4.23. The van der Waals surface area contributed by atoms with E-state index in [9.17, 15) is 18.3 Å². The van der Waals surface area contributed by atoms with Gasteiger partial charge in [0.2, 0.25) is 10.0 Å². The lowest BCUT2D eigenvalue weighted by Crippen LogP contribution is -2.52. The van der Waals surface area contributed by atoms with Crippen molar-refractivity contribution in [1.29, 1.82) is 5.26 Å². The van der Waals surface area contributed by atoms with Crippen LogP contribution in [-0.4, -0.2) is 30.0 Å². The van der Waals surface area contributed by atoms with Gasteiger partial charge in [0, 0.05) is 11.6 Å². The molecule has 0 saturated carbocycles. The first kappa shape index (κ1) is 18.5. The van der Waals surface area contributed by atoms with Crippen molar-refractivity contribution in [2.45, 2.75) is 17.6 Å². The van der Waals surface area contributed by atoms with E-state index in [2.05, 4.69) is 5.32 Å². The molecule has 3 rings (SSSR count). The molecule has 134 valence electrons. The number of nitrogens with one attached hydrogen (secondary N) is 1. The Morgan fingerprint density at radius 3 is 2.69 bits per heavy atom. The zero-order valence-corrected chi connectivity index (χ0v) is 15.3. The lowest BCUT2D eigenvalue weighted by Gasteiger charge is -2.35. The summed E-state index contributed by atoms with van der Waals surface area (Å²) in [6, 6.07) is 10.8. The molecule has 0 aromatic heterocycles. The van der Waals surface area contributed by atoms with Crippen LogP contribution < -0.4 is 5.32 Å². The van der Waals surface area contributed by atoms with Crippen molar-refractivity contribution in [1.82, 2.24) is 4.31 Å². The van der Waals surface area contributed by atoms with Gasteiger partial charge in [-0.2, -0.15) is 9.57 Å². The predicted octanol–water partition coefficient (Wildman–Crippen LogP) is 2.89. The van der Waals surface area contributed by atoms with E-state index in [0.29, 0.717) is 11.1 Å². The monoisotopic (exact) mass is 411 g/mol. The number of nitriles is 1. The van der Waals surface area contributed by atoms with Crippen LogP contribution in [0.25, 0.3) is 0 Å². The Hall–Kier alpha value is -2.31. The van der Waals surface area contributed by atoms with E-state index in [1.807, 2.05) is 6.07 Å². The summed E-state index contributed by atoms with van der Waals surface area (Å²) in [5.41, 5.74) is 0.827. The van der Waals surface area contributed by atoms with Gasteiger partial charge in [0.05, 0.1) is 22.3 Å². The number of hydrogen-bond acceptors (Lipinski definition) is 5. The third-order valence-electron chi connectivity index (χ3n) is 3.78. The maximum absolute atomic E-state index is 13.0. The molecule has 0 aliphatic carbocycles. The number of hydrogen-bond donors (Lipinski definition) is 2. The average molecular weight is 412 g/mol. The second-order valence-corrected chi connectivity index (χ2v) is 8.18. The molecule has 1 aliphatic heterocycles. The summed E-state index contributed by atoms with van der Waals surface area (Å²) in [7, 11) is -4.23. The fourth-order valence-corrected chi connectivity index (χ4v) is 5.15. The Morgan fingerprint density at radius 1 is 1.31 bits per heavy atom. The number of carboxylic acid groups (broad SMARTS) is 1. The van der Waals surface area contributed by atoms with Crippen molar-refractivity contribution in [3.8, 4) is 6.07 Å². The Morgan fingerprint density at radius 2 is 2.04 bits per heavy atom. The van der Waals surface area contributed by atoms with E-state index in [-0.39, 0.29) is 27.2 Å². The first-order valence-corrected chi connectivity index (χ1v) is 9.43. The molecule has 2 aromatic carbocycles. The van der Waals surface area contributed by atoms with Gasteiger partial charge in [0.15, 0.2) is 6.17 Å². The van der Waals surface area contributed by atoms with Gasteiger partial charge in [-0.3, -0.25) is 0 Å². The lowest BCUT2D eigenvalue weighted by atomic mass is 10.1. The molecule has 1 unspecified atom stereocenters. The molecule has 10 heteroatoms. The SMILES string of the molecule is N#Cc1cccc(CN2C(C(=O)O)Nc3cc(Cl)cc(Cl)c3S2(=O)=O)c1. The number of sulfonamides is 1. The molecule has 26 heavy (non-hydrogen) atoms. The van der Waals surface area contributed by atoms with Crippen molar-refractivity contribution in [3.63, 3.8) is 0 Å². The molecule has 0 amide bonds. The van der Waals surface area contributed by atoms with Gasteiger partial charge in [0.1, 0.15) is 4.90 Å². The van der Waals surface area contributed by atoms with E-state index >= 15 is 0 Å². The zero-order valence-electron chi connectivity index (χ0n) is 13.0. The number of carbonyl (C=O) groups is 1. The van der Waals surface area contributed by atoms with Gasteiger partial charge < -0.3 is 10.4 Å². The first-order valence-electron chi connectivity index (χ1n) is 7.23. The fraction of sp³-hybridized carbons (Fsp3) is 0.125. The summed E-state index contributed by atoms with van der Waals surface area (Å²) >= 11 is 11.9. The largest absolute Gasteiger partial charge is 0.479 e. The van der Waals surface area contributed by atoms with Crippen molar-refractivity contribution in [2.24, 2.45) is 0 Å². The maximum atomic E-state index is 13.0. The number of fused-ring (bicyclic) bond motifs is 1. The van der Waals surface area contributed by atoms with E-state index in [4.69, 9.17) is 28.5 Å². The van der Waals surface area contributed by atoms with Crippen LogP contribution in [0.15, 0.2) is 41.3 Å². The third-order valence-corrected chi connectivity index (χ3v) is 6.33. The second kappa shape index (κ2) is 6.78. The predicted molar refractivity (Wildman–Crippen MR) is 95.4 cm³/mol. The van der Waals surface area contributed by atoms with Gasteiger partial charge in [0.25, 0.3) is 0 Å². The summed E-state index contributed by atoms with van der Waals surface area (Å²) in [5, 5.41) is 21.2. The molecule has 0 fully saturated rings. The third kappa shape index (κ3) is 3.22. The highest BCUT2D eigenvalue weighted by Gasteiger charge is 2.43. The van der Waals surface area contributed by atoms with Crippen LogP contribution >= 0.6 is 23.2 Å². The van der Waals surface area contributed by atoms with Crippen molar-refractivity contribution in [2.75, 3.05) is 5.32 Å². The number of aliphatic carboxylic acids is 1. The van der Waals surface area contributed by atoms with Gasteiger partial charge >= 0.3 is 5.97 Å². The summed E-state index contributed by atoms with van der Waals surface area (Å²) in [4.78, 5) is 11.4. The molecular weight excluding hydrogens is 401 g/mol. The molecule has 7 nitrogen and oxygen atoms in total. The topological polar surface area (TPSA) is 110 Å². The normalized spacial score (nSPS) is 18.4. The second-order valence-electron chi connectivity index (χ2n) is 5.51. The Balaban J connectivity index is 2.13. The minimum absolute atomic E-state index is 0.0249. The van der Waals surface area contributed by atoms with E-state index in [1.54, 1.807) is 18.2 Å². The average Bonchev–Trinajstić information content (AvgIpc) is 2.56. The fourth-order valence-electron chi connectivity index (χ4n) is 2.69. The Bertz CT molecular complexity index is 1050. The number of carboxylic acids is 1. The summed E-state index contributed by atoms with van der Waals surface area (Å²) in [6.07, 6.45) is -1.55. The van der Waals surface area contributed by atoms with Crippen LogP contribution in [0.1, 0.15) is 11.1 Å². The summed E-state index contributed by atoms with van der Waals surface area (Å²) < 4.78 is 26.9. The Labute approximate surface area is 159 Å². The molecule has 2 aromatic rings. The van der Waals surface area contributed by atoms with Crippen molar-refractivity contribution in [3.05, 3.63) is 57.6 Å². The maximum Gasteiger partial charge on any atom is 0.342 e. The Kier molecular flexibility index (Phi) is 4.82. The standard InChI is InChI=1S/C16H11Cl2N3O4S/c17-11-5-12(18)14-13(6-11)20-15(16(22)23)21(26(14,24)25)8-10-3-1-2-9(4-10)7-19/h1-6,15,20H,8H2,(H,22,23). The number of rotatable bonds is 3. The molecule has 0 saturated heterocycles. The summed E-state index contributed by atoms with van der Waals surface area (Å²) in [5.74, 6) is -1.38. The van der Waals surface area contributed by atoms with Gasteiger partial charge in [-0.1, -0.05) is 35.3 Å². The van der Waals surface area contributed by atoms with Crippen LogP contribution in [0.5, 0.6) is 0 Å². The van der Waals surface area contributed by atoms with Crippen LogP contribution in [0.2, 0.25) is 10.0 Å². The van der Waals surface area contributed by atoms with E-state index in [1.165, 1.54) is 18.2 Å². The first-order chi connectivity index (χ1) is 12.2. The quantitative estimate of drug-likeness (QED) is 0.802. The zero-order chi connectivity index (χ0) is 19.1. The highest BCUT2D eigenvalue weighted by atomic mass is 35.5. The van der Waals surface area contributed by atoms with Crippen LogP contribution in [0.3, 0.4) is 0 Å². The molecule has 0 spiro atoms. The van der Waals surface area contributed by atoms with Gasteiger partial charge in [-0.15, -0.1) is 0 Å². The summed E-state index contributed by atoms with van der Waals surface area (Å²) in [6.45, 7) is -0.250. The smallest absolute Gasteiger partial charge is 0.342 e.